The van der Waals surface area contributed by atoms with Crippen LogP contribution in [0, 0.1) is 11.3 Å². The number of nitrogens with zero attached hydrogens (tertiary/aromatic N) is 1. The minimum Gasteiger partial charge on any atom is -0.377 e. The highest BCUT2D eigenvalue weighted by atomic mass is 16.5. The molecule has 0 saturated carbocycles. The average Bonchev–Trinajstić information content (AvgIpc) is 2.59. The van der Waals surface area contributed by atoms with Gasteiger partial charge in [0.05, 0.1) is 18.2 Å². The molecule has 2 aromatic carbocycles. The molecular weight excluding hydrogens is 274 g/mol. The molecule has 22 heavy (non-hydrogen) atoms. The minimum absolute atomic E-state index is 0.140. The highest BCUT2D eigenvalue weighted by molar-refractivity contribution is 5.51. The lowest BCUT2D eigenvalue weighted by atomic mass is 9.93. The van der Waals surface area contributed by atoms with Gasteiger partial charge in [-0.1, -0.05) is 42.5 Å². The maximum atomic E-state index is 10.9. The van der Waals surface area contributed by atoms with Crippen molar-refractivity contribution in [1.29, 1.82) is 5.26 Å². The van der Waals surface area contributed by atoms with Gasteiger partial charge in [0, 0.05) is 13.0 Å². The van der Waals surface area contributed by atoms with Gasteiger partial charge in [-0.05, 0) is 35.6 Å². The van der Waals surface area contributed by atoms with Crippen LogP contribution >= 0.6 is 0 Å². The zero-order valence-electron chi connectivity index (χ0n) is 12.4. The summed E-state index contributed by atoms with van der Waals surface area (Å²) in [6.07, 6.45) is 2.21. The molecule has 0 aliphatic rings. The molecule has 3 nitrogen and oxygen atoms in total. The number of carbonyl (C=O) groups is 1. The van der Waals surface area contributed by atoms with E-state index < -0.39 is 0 Å². The van der Waals surface area contributed by atoms with E-state index in [1.165, 1.54) is 0 Å². The molecule has 0 fully saturated rings. The molecule has 0 aromatic heterocycles. The number of aldehydes is 1. The van der Waals surface area contributed by atoms with Crippen LogP contribution in [0.15, 0.2) is 54.6 Å². The largest absolute Gasteiger partial charge is 0.377 e. The summed E-state index contributed by atoms with van der Waals surface area (Å²) < 4.78 is 5.69. The van der Waals surface area contributed by atoms with Gasteiger partial charge >= 0.3 is 0 Å². The predicted octanol–water partition coefficient (Wildman–Crippen LogP) is 3.84. The van der Waals surface area contributed by atoms with Gasteiger partial charge < -0.3 is 9.53 Å². The number of hydrogen-bond donors (Lipinski definition) is 0. The van der Waals surface area contributed by atoms with Crippen molar-refractivity contribution in [2.45, 2.75) is 25.4 Å². The summed E-state index contributed by atoms with van der Waals surface area (Å²) in [6.45, 7) is 1.19. The monoisotopic (exact) mass is 293 g/mol. The van der Waals surface area contributed by atoms with Crippen molar-refractivity contribution in [2.24, 2.45) is 0 Å². The molecule has 0 N–H and O–H groups in total. The zero-order valence-corrected chi connectivity index (χ0v) is 12.4. The summed E-state index contributed by atoms with van der Waals surface area (Å²) in [7, 11) is 0. The molecule has 0 aliphatic heterocycles. The Balaban J connectivity index is 1.86. The Kier molecular flexibility index (Phi) is 6.35. The summed E-state index contributed by atoms with van der Waals surface area (Å²) in [5.41, 5.74) is 2.86. The number of benzene rings is 2. The van der Waals surface area contributed by atoms with Crippen molar-refractivity contribution < 1.29 is 9.53 Å². The van der Waals surface area contributed by atoms with Gasteiger partial charge in [-0.15, -0.1) is 0 Å². The second-order valence-electron chi connectivity index (χ2n) is 5.16. The fraction of sp³-hybridized carbons (Fsp3) is 0.263. The van der Waals surface area contributed by atoms with Gasteiger partial charge in [-0.25, -0.2) is 0 Å². The van der Waals surface area contributed by atoms with E-state index >= 15 is 0 Å². The summed E-state index contributed by atoms with van der Waals surface area (Å²) >= 11 is 0. The maximum absolute atomic E-state index is 10.9. The average molecular weight is 293 g/mol. The molecule has 2 rings (SSSR count). The third-order valence-electron chi connectivity index (χ3n) is 3.61. The molecule has 0 saturated heterocycles. The molecule has 0 amide bonds. The van der Waals surface area contributed by atoms with Crippen molar-refractivity contribution in [1.82, 2.24) is 0 Å². The molecule has 0 radical (unpaired) electrons. The lowest BCUT2D eigenvalue weighted by Gasteiger charge is -2.15. The Hall–Kier alpha value is -2.44. The molecule has 0 heterocycles. The SMILES string of the molecule is N#Cc1ccc([C@H](CC=O)CCOCc2ccccc2)cc1. The smallest absolute Gasteiger partial charge is 0.120 e. The highest BCUT2D eigenvalue weighted by Gasteiger charge is 2.11. The molecule has 112 valence electrons. The van der Waals surface area contributed by atoms with Gasteiger partial charge in [0.15, 0.2) is 0 Å². The highest BCUT2D eigenvalue weighted by Crippen LogP contribution is 2.23. The molecule has 0 spiro atoms. The van der Waals surface area contributed by atoms with Crippen molar-refractivity contribution in [3.05, 3.63) is 71.3 Å². The predicted molar refractivity (Wildman–Crippen MR) is 85.3 cm³/mol. The Morgan fingerprint density at radius 3 is 2.45 bits per heavy atom. The lowest BCUT2D eigenvalue weighted by molar-refractivity contribution is -0.108. The first-order valence-corrected chi connectivity index (χ1v) is 7.39. The molecule has 2 aromatic rings. The third-order valence-corrected chi connectivity index (χ3v) is 3.61. The number of carbonyl (C=O) groups excluding carboxylic acids is 1. The van der Waals surface area contributed by atoms with Crippen LogP contribution in [0.5, 0.6) is 0 Å². The van der Waals surface area contributed by atoms with Crippen LogP contribution in [-0.2, 0) is 16.1 Å². The normalized spacial score (nSPS) is 11.6. The van der Waals surface area contributed by atoms with Crippen molar-refractivity contribution in [3.63, 3.8) is 0 Å². The number of ether oxygens (including phenoxy) is 1. The van der Waals surface area contributed by atoms with Crippen LogP contribution in [0.25, 0.3) is 0 Å². The van der Waals surface area contributed by atoms with Gasteiger partial charge in [-0.3, -0.25) is 0 Å². The van der Waals surface area contributed by atoms with Crippen LogP contribution in [0.2, 0.25) is 0 Å². The van der Waals surface area contributed by atoms with Gasteiger partial charge in [-0.2, -0.15) is 5.26 Å². The molecule has 0 aliphatic carbocycles. The summed E-state index contributed by atoms with van der Waals surface area (Å²) in [4.78, 5) is 10.9. The summed E-state index contributed by atoms with van der Waals surface area (Å²) in [6, 6.07) is 19.5. The number of rotatable bonds is 8. The Morgan fingerprint density at radius 2 is 1.82 bits per heavy atom. The van der Waals surface area contributed by atoms with Gasteiger partial charge in [0.25, 0.3) is 0 Å². The van der Waals surface area contributed by atoms with Crippen LogP contribution in [0.4, 0.5) is 0 Å². The second-order valence-corrected chi connectivity index (χ2v) is 5.16. The fourth-order valence-electron chi connectivity index (χ4n) is 2.36. The summed E-state index contributed by atoms with van der Waals surface area (Å²) in [5, 5.41) is 8.83. The Bertz CT molecular complexity index is 614. The van der Waals surface area contributed by atoms with E-state index in [1.807, 2.05) is 42.5 Å². The van der Waals surface area contributed by atoms with E-state index in [0.717, 1.165) is 23.8 Å². The fourth-order valence-corrected chi connectivity index (χ4v) is 2.36. The molecular formula is C19H19NO2. The Labute approximate surface area is 131 Å². The van der Waals surface area contributed by atoms with E-state index in [1.54, 1.807) is 12.1 Å². The maximum Gasteiger partial charge on any atom is 0.120 e. The molecule has 1 atom stereocenters. The molecule has 3 heteroatoms. The van der Waals surface area contributed by atoms with Crippen LogP contribution in [-0.4, -0.2) is 12.9 Å². The van der Waals surface area contributed by atoms with E-state index in [-0.39, 0.29) is 5.92 Å². The Morgan fingerprint density at radius 1 is 1.09 bits per heavy atom. The quantitative estimate of drug-likeness (QED) is 0.549. The van der Waals surface area contributed by atoms with Crippen molar-refractivity contribution >= 4 is 6.29 Å². The topological polar surface area (TPSA) is 50.1 Å². The number of hydrogen-bond acceptors (Lipinski definition) is 3. The number of nitriles is 1. The third kappa shape index (κ3) is 4.83. The first-order valence-electron chi connectivity index (χ1n) is 7.39. The van der Waals surface area contributed by atoms with Crippen molar-refractivity contribution in [3.8, 4) is 6.07 Å². The van der Waals surface area contributed by atoms with Crippen LogP contribution < -0.4 is 0 Å². The lowest BCUT2D eigenvalue weighted by Crippen LogP contribution is -2.05. The standard InChI is InChI=1S/C19H19NO2/c20-14-16-6-8-18(9-7-16)19(10-12-21)11-13-22-15-17-4-2-1-3-5-17/h1-9,12,19H,10-11,13,15H2/t19-/m1/s1. The van der Waals surface area contributed by atoms with E-state index in [9.17, 15) is 4.79 Å². The van der Waals surface area contributed by atoms with E-state index in [4.69, 9.17) is 10.00 Å². The summed E-state index contributed by atoms with van der Waals surface area (Å²) in [5.74, 6) is 0.140. The van der Waals surface area contributed by atoms with Gasteiger partial charge in [0.2, 0.25) is 0 Å². The van der Waals surface area contributed by atoms with Gasteiger partial charge in [0.1, 0.15) is 6.29 Å². The van der Waals surface area contributed by atoms with E-state index in [0.29, 0.717) is 25.2 Å². The van der Waals surface area contributed by atoms with E-state index in [2.05, 4.69) is 6.07 Å². The first-order chi connectivity index (χ1) is 10.8. The first kappa shape index (κ1) is 15.9. The molecule has 0 unspecified atom stereocenters. The minimum atomic E-state index is 0.140. The van der Waals surface area contributed by atoms with Crippen molar-refractivity contribution in [2.75, 3.05) is 6.61 Å². The van der Waals surface area contributed by atoms with Crippen LogP contribution in [0.3, 0.4) is 0 Å². The second kappa shape index (κ2) is 8.76. The van der Waals surface area contributed by atoms with Crippen LogP contribution in [0.1, 0.15) is 35.4 Å². The molecule has 0 bridgehead atoms. The zero-order chi connectivity index (χ0) is 15.6.